The maximum atomic E-state index is 14.8. The van der Waals surface area contributed by atoms with Crippen LogP contribution in [0.25, 0.3) is 33.4 Å². The highest BCUT2D eigenvalue weighted by Gasteiger charge is 2.54. The van der Waals surface area contributed by atoms with E-state index < -0.39 is 90.7 Å². The number of aliphatic hydroxyl groups is 4. The van der Waals surface area contributed by atoms with Crippen molar-refractivity contribution in [1.82, 2.24) is 69.2 Å². The first-order chi connectivity index (χ1) is 65.1. The van der Waals surface area contributed by atoms with Crippen molar-refractivity contribution in [3.63, 3.8) is 0 Å². The predicted octanol–water partition coefficient (Wildman–Crippen LogP) is 8.26. The van der Waals surface area contributed by atoms with Crippen molar-refractivity contribution >= 4 is 81.0 Å². The predicted molar refractivity (Wildman–Crippen MR) is 507 cm³/mol. The first-order valence-corrected chi connectivity index (χ1v) is 48.1. The highest BCUT2D eigenvalue weighted by Crippen LogP contribution is 2.41. The number of ketones is 1. The molecule has 0 radical (unpaired) electrons. The van der Waals surface area contributed by atoms with Crippen LogP contribution in [0.4, 0.5) is 23.7 Å². The van der Waals surface area contributed by atoms with Crippen LogP contribution in [0.3, 0.4) is 0 Å². The number of nitrogens with two attached hydrogens (primary N) is 2. The summed E-state index contributed by atoms with van der Waals surface area (Å²) in [5.74, 6) is -6.16. The van der Waals surface area contributed by atoms with Gasteiger partial charge in [-0.25, -0.2) is 39.4 Å². The van der Waals surface area contributed by atoms with E-state index in [1.54, 1.807) is 57.5 Å². The van der Waals surface area contributed by atoms with E-state index in [1.807, 2.05) is 79.9 Å². The second-order valence-electron chi connectivity index (χ2n) is 38.2. The minimum absolute atomic E-state index is 0.0268. The molecule has 0 unspecified atom stereocenters. The quantitative estimate of drug-likeness (QED) is 0.0129. The third kappa shape index (κ3) is 23.8. The largest absolute Gasteiger partial charge is 0.460 e. The number of Topliss-reactive ketones (excluding diaryl/α,β-unsaturated/α-hetero) is 1. The number of allylic oxidation sites excluding steroid dienone is 5. The van der Waals surface area contributed by atoms with Crippen LogP contribution >= 0.6 is 0 Å². The van der Waals surface area contributed by atoms with Crippen LogP contribution in [0.1, 0.15) is 164 Å². The Bertz CT molecular complexity index is 5440. The fourth-order valence-corrected chi connectivity index (χ4v) is 20.4. The number of ether oxygens (including phenoxy) is 6. The molecule has 3 amide bonds. The van der Waals surface area contributed by atoms with Crippen molar-refractivity contribution in [2.24, 2.45) is 40.7 Å². The molecule has 16 atom stereocenters. The molecule has 36 heteroatoms. The number of oxime groups is 1. The van der Waals surface area contributed by atoms with Gasteiger partial charge in [-0.05, 0) is 148 Å². The van der Waals surface area contributed by atoms with Crippen molar-refractivity contribution in [3.8, 4) is 11.3 Å². The van der Waals surface area contributed by atoms with Crippen LogP contribution in [-0.2, 0) is 84.9 Å². The Morgan fingerprint density at radius 2 is 1.44 bits per heavy atom. The Labute approximate surface area is 788 Å². The highest BCUT2D eigenvalue weighted by atomic mass is 16.6. The topological polar surface area (TPSA) is 439 Å². The zero-order chi connectivity index (χ0) is 95.3. The molecular weight excluding hydrogens is 1730 g/mol. The number of esters is 1. The molecule has 7 aliphatic heterocycles. The Morgan fingerprint density at radius 1 is 0.704 bits per heavy atom. The normalized spacial score (nSPS) is 29.1. The number of fused-ring (bicyclic) bond motifs is 7. The zero-order valence-electron chi connectivity index (χ0n) is 79.6. The van der Waals surface area contributed by atoms with Gasteiger partial charge in [0.1, 0.15) is 47.7 Å². The maximum Gasteiger partial charge on any atom is 0.329 e. The summed E-state index contributed by atoms with van der Waals surface area (Å²) < 4.78 is 44.1. The first kappa shape index (κ1) is 98.9. The number of cyclic esters (lactones) is 1. The van der Waals surface area contributed by atoms with Gasteiger partial charge in [0, 0.05) is 186 Å². The number of anilines is 4. The van der Waals surface area contributed by atoms with Crippen LogP contribution in [0, 0.1) is 35.5 Å². The van der Waals surface area contributed by atoms with E-state index in [1.165, 1.54) is 23.9 Å². The summed E-state index contributed by atoms with van der Waals surface area (Å²) in [4.78, 5) is 124. The molecule has 2 bridgehead atoms. The van der Waals surface area contributed by atoms with E-state index in [9.17, 15) is 44.4 Å². The minimum atomic E-state index is -2.46. The lowest BCUT2D eigenvalue weighted by Crippen LogP contribution is -2.61. The number of rotatable bonds is 21. The fraction of sp³-hybridized carbons (Fsp3) is 0.596. The number of aromatic nitrogens is 9. The molecule has 135 heavy (non-hydrogen) atoms. The van der Waals surface area contributed by atoms with E-state index in [2.05, 4.69) is 80.9 Å². The molecule has 8 N–H and O–H groups in total. The maximum absolute atomic E-state index is 14.8. The van der Waals surface area contributed by atoms with E-state index in [0.29, 0.717) is 172 Å². The van der Waals surface area contributed by atoms with Crippen molar-refractivity contribution < 1.29 is 82.1 Å². The van der Waals surface area contributed by atoms with Crippen LogP contribution in [-0.4, -0.2) is 312 Å². The summed E-state index contributed by atoms with van der Waals surface area (Å²) in [6.07, 6.45) is 18.2. The fourth-order valence-electron chi connectivity index (χ4n) is 20.4. The van der Waals surface area contributed by atoms with Gasteiger partial charge < -0.3 is 94.1 Å². The average molecular weight is 1860 g/mol. The van der Waals surface area contributed by atoms with Gasteiger partial charge in [0.25, 0.3) is 29.5 Å². The van der Waals surface area contributed by atoms with Crippen molar-refractivity contribution in [3.05, 3.63) is 142 Å². The number of nitrogen functional groups attached to an aromatic ring is 2. The van der Waals surface area contributed by atoms with Gasteiger partial charge in [-0.3, -0.25) is 29.0 Å². The lowest BCUT2D eigenvalue weighted by atomic mass is 9.78. The van der Waals surface area contributed by atoms with E-state index in [-0.39, 0.29) is 80.0 Å². The van der Waals surface area contributed by atoms with Crippen LogP contribution in [0.5, 0.6) is 0 Å². The third-order valence-electron chi connectivity index (χ3n) is 28.8. The van der Waals surface area contributed by atoms with Gasteiger partial charge in [-0.15, -0.1) is 0 Å². The van der Waals surface area contributed by atoms with Gasteiger partial charge in [0.15, 0.2) is 17.8 Å². The van der Waals surface area contributed by atoms with Gasteiger partial charge in [-0.1, -0.05) is 94.4 Å². The molecule has 36 nitrogen and oxygen atoms in total. The smallest absolute Gasteiger partial charge is 0.329 e. The molecule has 12 heterocycles. The van der Waals surface area contributed by atoms with Crippen LogP contribution < -0.4 is 21.3 Å². The molecule has 1 aliphatic carbocycles. The van der Waals surface area contributed by atoms with Gasteiger partial charge in [-0.2, -0.15) is 10.1 Å². The number of methoxy groups -OCH3 is 3. The summed E-state index contributed by atoms with van der Waals surface area (Å²) in [6.45, 7) is 24.2. The number of amides is 3. The molecular formula is C99H135N19O17. The lowest BCUT2D eigenvalue weighted by Gasteiger charge is -2.43. The van der Waals surface area contributed by atoms with Crippen molar-refractivity contribution in [2.75, 3.05) is 147 Å². The van der Waals surface area contributed by atoms with E-state index in [0.717, 1.165) is 99.0 Å². The molecule has 2 aromatic carbocycles. The number of piperazine rings is 2. The SMILES string of the molecule is CO[C@H]1C[C@@H]2CC[C@@H](C)[C@@](O)(O2)C(=O)C(=O)N2CCCC[C@H]2C(=O)O[C@H]([C@H](C)C[C@@H]2CC[C@@H](O)[C@H](OC)C2)C[C@@H](O)[C@H](C)/C=C(\C)[C@@H](O)[C@@H](OC)/C(=N/OCC(=O)N2CCc3nc(N4CCN(CCOCCN5CCN(c6ncc(C(=O)N7CCc8cc(Cn9nc(-c%10ccc%11oc(N)nc%11c%10)c%10c(N)ncnc%109)ccc8C7)cn6)CC5)CC4)ncc3C2)[C@H](C)C[C@H](C)/C=C/C=C/C=C/1C. The number of oxazole rings is 1. The lowest BCUT2D eigenvalue weighted by molar-refractivity contribution is -0.265. The van der Waals surface area contributed by atoms with Gasteiger partial charge in [0.2, 0.25) is 17.7 Å². The molecule has 0 spiro atoms. The zero-order valence-corrected chi connectivity index (χ0v) is 79.6. The summed E-state index contributed by atoms with van der Waals surface area (Å²) in [6, 6.07) is 10.8. The minimum Gasteiger partial charge on any atom is -0.460 e. The standard InChI is InChI=1S/C99H135N19O17/c1-60-16-12-11-13-17-61(2)81(128-8)50-74-24-19-66(7)99(127,135-74)90(123)94(125)117-29-15-14-18-77(117)95(126)133-82(63(4)46-67-21-25-78(119)83(48-67)129-9)51-79(120)62(3)45-65(6)88(122)89(130-10)86(64(5)44-60)110-132-58-84(121)115-31-28-75-73(57-115)54-104-98(108-75)114-38-34-112(35-39-114)41-43-131-42-40-111-32-36-113(37-33-111)97-102-52-72(53-103-97)93(124)116-30-27-69-47-68(20-22-71(69)56-116)55-118-92-85(91(100)105-59-106-92)87(109-118)70-23-26-80-76(49-70)107-96(101)134-80/h11-13,16-17,20,22-23,26,45,47,49,52-54,59-60,62-64,66-67,74,77-79,81-83,88-89,119-120,122,127H,14-15,18-19,21,24-25,27-44,46,48,50-51,55-58H2,1-10H3,(H2,101,107)(H2,100,105,106)/b13-11+,16-12+,61-17+,65-45+,110-86+/t60-,62-,63-,64-,66-,67+,74+,77+,78-,79-,81+,82+,83-,88-,89+,99-/m1/s1. The first-order valence-electron chi connectivity index (χ1n) is 48.1. The number of piperidine rings is 1. The summed E-state index contributed by atoms with van der Waals surface area (Å²) in [7, 11) is 4.65. The number of hydrogen-bond donors (Lipinski definition) is 6. The average Bonchev–Trinajstić information content (AvgIpc) is 1.59. The van der Waals surface area contributed by atoms with Gasteiger partial charge in [0.05, 0.1) is 72.6 Å². The Morgan fingerprint density at radius 3 is 2.18 bits per heavy atom. The van der Waals surface area contributed by atoms with E-state index in [4.69, 9.17) is 64.2 Å². The molecule has 5 fully saturated rings. The number of carbonyl (C=O) groups is 5. The molecule has 5 aromatic heterocycles. The Balaban J connectivity index is 0.512. The molecule has 15 rings (SSSR count). The molecule has 728 valence electrons. The van der Waals surface area contributed by atoms with Crippen molar-refractivity contribution in [2.45, 2.75) is 219 Å². The molecule has 1 saturated carbocycles. The third-order valence-corrected chi connectivity index (χ3v) is 28.8. The van der Waals surface area contributed by atoms with Crippen LogP contribution in [0.2, 0.25) is 0 Å². The van der Waals surface area contributed by atoms with Crippen LogP contribution in [0.15, 0.2) is 118 Å². The van der Waals surface area contributed by atoms with Crippen molar-refractivity contribution in [1.29, 1.82) is 0 Å². The number of benzene rings is 2. The van der Waals surface area contributed by atoms with Gasteiger partial charge >= 0.3 is 5.97 Å². The Hall–Kier alpha value is -10.6. The Kier molecular flexibility index (Phi) is 33.0. The monoisotopic (exact) mass is 1860 g/mol. The second-order valence-corrected chi connectivity index (χ2v) is 38.2. The molecule has 4 saturated heterocycles. The summed E-state index contributed by atoms with van der Waals surface area (Å²) >= 11 is 0. The molecule has 7 aromatic rings. The van der Waals surface area contributed by atoms with E-state index >= 15 is 0 Å². The summed E-state index contributed by atoms with van der Waals surface area (Å²) in [5.41, 5.74) is 22.6. The number of carbonyl (C=O) groups excluding carboxylic acids is 5. The second kappa shape index (κ2) is 45.1. The number of aliphatic hydroxyl groups excluding tert-OH is 3. The highest BCUT2D eigenvalue weighted by molar-refractivity contribution is 6.39. The number of hydrogen-bond acceptors (Lipinski definition) is 32. The molecule has 8 aliphatic rings. The number of nitrogens with zero attached hydrogens (tertiary/aromatic N) is 17. The summed E-state index contributed by atoms with van der Waals surface area (Å²) in [5, 5.41) is 58.0.